The highest BCUT2D eigenvalue weighted by molar-refractivity contribution is 4.48. The fraction of sp³-hybridized carbons (Fsp3) is 1.00. The number of rotatable bonds is 5. The van der Waals surface area contributed by atoms with Crippen LogP contribution in [-0.2, 0) is 0 Å². The topological polar surface area (TPSA) is 49.4 Å². The van der Waals surface area contributed by atoms with Crippen LogP contribution < -0.4 is 0 Å². The molecule has 0 aliphatic carbocycles. The van der Waals surface area contributed by atoms with E-state index in [0.717, 1.165) is 0 Å². The summed E-state index contributed by atoms with van der Waals surface area (Å²) in [6.07, 6.45) is -9.07. The summed E-state index contributed by atoms with van der Waals surface area (Å²) >= 11 is 0. The van der Waals surface area contributed by atoms with E-state index in [1.54, 1.807) is 0 Å². The van der Waals surface area contributed by atoms with E-state index in [-0.39, 0.29) is 25.9 Å². The van der Waals surface area contributed by atoms with Crippen molar-refractivity contribution in [1.82, 2.24) is 0 Å². The highest BCUT2D eigenvalue weighted by Crippen LogP contribution is 2.17. The van der Waals surface area contributed by atoms with Crippen LogP contribution in [0.15, 0.2) is 20.5 Å². The first-order chi connectivity index (χ1) is 7.21. The van der Waals surface area contributed by atoms with Gasteiger partial charge in [-0.2, -0.15) is 10.2 Å². The molecule has 0 rings (SSSR count). The summed E-state index contributed by atoms with van der Waals surface area (Å²) in [5, 5.41) is 9.60. The van der Waals surface area contributed by atoms with Crippen LogP contribution in [0.5, 0.6) is 0 Å². The normalized spacial score (nSPS) is 14.1. The number of halogens is 6. The Hall–Kier alpha value is -1.22. The lowest BCUT2D eigenvalue weighted by atomic mass is 10.3. The van der Waals surface area contributed by atoms with Gasteiger partial charge in [-0.25, -0.2) is 0 Å². The van der Waals surface area contributed by atoms with Crippen LogP contribution in [0, 0.1) is 0 Å². The van der Waals surface area contributed by atoms with E-state index in [9.17, 15) is 26.3 Å². The average molecular weight is 250 g/mol. The number of hydrogen-bond acceptors (Lipinski definition) is 4. The van der Waals surface area contributed by atoms with Gasteiger partial charge >= 0.3 is 12.6 Å². The molecule has 94 valence electrons. The van der Waals surface area contributed by atoms with Gasteiger partial charge in [-0.15, -0.1) is 26.3 Å². The van der Waals surface area contributed by atoms with Crippen LogP contribution >= 0.6 is 0 Å². The molecule has 0 aliphatic heterocycles. The van der Waals surface area contributed by atoms with Crippen LogP contribution in [0.25, 0.3) is 0 Å². The maximum absolute atomic E-state index is 11.4. The summed E-state index contributed by atoms with van der Waals surface area (Å²) in [4.78, 5) is 0. The first-order valence-corrected chi connectivity index (χ1v) is 4.11. The molecule has 0 N–H and O–H groups in total. The molecule has 0 amide bonds. The third-order valence-electron chi connectivity index (χ3n) is 1.13. The molecule has 0 aromatic heterocycles. The van der Waals surface area contributed by atoms with E-state index in [0.29, 0.717) is 0 Å². The molecule has 0 saturated carbocycles. The van der Waals surface area contributed by atoms with Crippen LogP contribution in [0.4, 0.5) is 26.3 Å². The number of nitrogens with zero attached hydrogens (tertiary/aromatic N) is 4. The van der Waals surface area contributed by atoms with Gasteiger partial charge in [0.05, 0.1) is 13.1 Å². The Morgan fingerprint density at radius 3 is 1.19 bits per heavy atom. The van der Waals surface area contributed by atoms with Crippen molar-refractivity contribution in [3.63, 3.8) is 0 Å². The van der Waals surface area contributed by atoms with E-state index in [1.165, 1.54) is 0 Å². The smallest absolute Gasteiger partial charge is 0.186 e. The highest BCUT2D eigenvalue weighted by Gasteiger charge is 2.26. The van der Waals surface area contributed by atoms with Gasteiger partial charge in [0.2, 0.25) is 0 Å². The quantitative estimate of drug-likeness (QED) is 0.309. The van der Waals surface area contributed by atoms with Crippen molar-refractivity contribution in [3.8, 4) is 0 Å². The Morgan fingerprint density at radius 1 is 0.625 bits per heavy atom. The lowest BCUT2D eigenvalue weighted by Gasteiger charge is -1.96. The molecule has 0 radical (unpaired) electrons. The van der Waals surface area contributed by atoms with Gasteiger partial charge in [-0.05, 0) is 12.8 Å². The molecule has 4 nitrogen and oxygen atoms in total. The predicted molar refractivity (Wildman–Crippen MR) is 40.8 cm³/mol. The van der Waals surface area contributed by atoms with Crippen LogP contribution in [0.1, 0.15) is 12.8 Å². The Morgan fingerprint density at radius 2 is 0.938 bits per heavy atom. The Balaban J connectivity index is 3.49. The first-order valence-electron chi connectivity index (χ1n) is 4.11. The Bertz CT molecular complexity index is 216. The van der Waals surface area contributed by atoms with Crippen molar-refractivity contribution in [2.24, 2.45) is 20.5 Å². The van der Waals surface area contributed by atoms with Crippen molar-refractivity contribution < 1.29 is 26.3 Å². The Labute approximate surface area is 86.5 Å². The average Bonchev–Trinajstić information content (AvgIpc) is 2.06. The molecule has 0 bridgehead atoms. The summed E-state index contributed by atoms with van der Waals surface area (Å²) in [5.41, 5.74) is 0. The third-order valence-corrected chi connectivity index (χ3v) is 1.13. The minimum absolute atomic E-state index is 0.163. The van der Waals surface area contributed by atoms with Crippen molar-refractivity contribution in [2.45, 2.75) is 25.4 Å². The molecular formula is C6H8F6N4. The van der Waals surface area contributed by atoms with Crippen LogP contribution in [0.2, 0.25) is 0 Å². The molecule has 0 fully saturated rings. The monoisotopic (exact) mass is 250 g/mol. The maximum atomic E-state index is 11.4. The van der Waals surface area contributed by atoms with Gasteiger partial charge in [0.25, 0.3) is 0 Å². The summed E-state index contributed by atoms with van der Waals surface area (Å²) < 4.78 is 68.4. The van der Waals surface area contributed by atoms with Crippen LogP contribution in [-0.4, -0.2) is 25.7 Å². The SMILES string of the molecule is FC(F)(F)N=NCCCCN=NC(F)(F)F. The fourth-order valence-electron chi connectivity index (χ4n) is 0.625. The van der Waals surface area contributed by atoms with Gasteiger partial charge in [0.1, 0.15) is 0 Å². The van der Waals surface area contributed by atoms with E-state index in [4.69, 9.17) is 0 Å². The van der Waals surface area contributed by atoms with E-state index in [1.807, 2.05) is 10.2 Å². The molecule has 0 aromatic rings. The van der Waals surface area contributed by atoms with Crippen molar-refractivity contribution >= 4 is 0 Å². The van der Waals surface area contributed by atoms with E-state index >= 15 is 0 Å². The molecule has 0 saturated heterocycles. The lowest BCUT2D eigenvalue weighted by Crippen LogP contribution is -2.01. The predicted octanol–water partition coefficient (Wildman–Crippen LogP) is 3.71. The molecular weight excluding hydrogens is 242 g/mol. The van der Waals surface area contributed by atoms with Crippen molar-refractivity contribution in [3.05, 3.63) is 0 Å². The highest BCUT2D eigenvalue weighted by atomic mass is 19.4. The van der Waals surface area contributed by atoms with Gasteiger partial charge in [0, 0.05) is 0 Å². The summed E-state index contributed by atoms with van der Waals surface area (Å²) in [6, 6.07) is 0. The summed E-state index contributed by atoms with van der Waals surface area (Å²) in [5.74, 6) is 0. The summed E-state index contributed by atoms with van der Waals surface area (Å²) in [6.45, 7) is -0.415. The second kappa shape index (κ2) is 6.38. The van der Waals surface area contributed by atoms with Gasteiger partial charge in [-0.3, -0.25) is 0 Å². The molecule has 0 aromatic carbocycles. The van der Waals surface area contributed by atoms with E-state index < -0.39 is 12.6 Å². The molecule has 0 atom stereocenters. The lowest BCUT2D eigenvalue weighted by molar-refractivity contribution is -0.127. The molecule has 0 spiro atoms. The summed E-state index contributed by atoms with van der Waals surface area (Å²) in [7, 11) is 0. The first kappa shape index (κ1) is 14.8. The molecule has 0 aliphatic rings. The second-order valence-electron chi connectivity index (χ2n) is 2.57. The zero-order valence-corrected chi connectivity index (χ0v) is 7.89. The number of hydrogen-bond donors (Lipinski definition) is 0. The van der Waals surface area contributed by atoms with Crippen LogP contribution in [0.3, 0.4) is 0 Å². The van der Waals surface area contributed by atoms with Gasteiger partial charge in [0.15, 0.2) is 0 Å². The largest absolute Gasteiger partial charge is 0.520 e. The molecule has 16 heavy (non-hydrogen) atoms. The molecule has 10 heteroatoms. The minimum atomic E-state index is -4.70. The van der Waals surface area contributed by atoms with Crippen molar-refractivity contribution in [2.75, 3.05) is 13.1 Å². The fourth-order valence-corrected chi connectivity index (χ4v) is 0.625. The maximum Gasteiger partial charge on any atom is 0.520 e. The van der Waals surface area contributed by atoms with Gasteiger partial charge < -0.3 is 0 Å². The zero-order chi connectivity index (χ0) is 12.7. The standard InChI is InChI=1S/C6H8F6N4/c7-5(8,9)15-13-3-1-2-4-14-16-6(10,11)12/h1-4H2. The second-order valence-corrected chi connectivity index (χ2v) is 2.57. The Kier molecular flexibility index (Phi) is 5.89. The third kappa shape index (κ3) is 12.8. The minimum Gasteiger partial charge on any atom is -0.186 e. The number of azo groups is 2. The van der Waals surface area contributed by atoms with Gasteiger partial charge in [-0.1, -0.05) is 10.2 Å². The molecule has 0 unspecified atom stereocenters. The van der Waals surface area contributed by atoms with E-state index in [2.05, 4.69) is 10.2 Å². The number of unbranched alkanes of at least 4 members (excludes halogenated alkanes) is 1. The zero-order valence-electron chi connectivity index (χ0n) is 7.89. The number of alkyl halides is 6. The van der Waals surface area contributed by atoms with Crippen molar-refractivity contribution in [1.29, 1.82) is 0 Å². The molecule has 0 heterocycles.